The maximum absolute atomic E-state index is 12.5. The van der Waals surface area contributed by atoms with Crippen molar-refractivity contribution in [2.45, 2.75) is 39.2 Å². The average molecular weight is 361 g/mol. The lowest BCUT2D eigenvalue weighted by molar-refractivity contribution is -0.136. The predicted molar refractivity (Wildman–Crippen MR) is 96.8 cm³/mol. The highest BCUT2D eigenvalue weighted by molar-refractivity contribution is 6.31. The summed E-state index contributed by atoms with van der Waals surface area (Å²) in [6.07, 6.45) is 3.01. The van der Waals surface area contributed by atoms with Crippen molar-refractivity contribution in [1.82, 2.24) is 10.2 Å². The smallest absolute Gasteiger partial charge is 0.260 e. The maximum atomic E-state index is 12.5. The Morgan fingerprint density at radius 2 is 2.09 bits per heavy atom. The van der Waals surface area contributed by atoms with E-state index in [-0.39, 0.29) is 24.9 Å². The second-order valence-electron chi connectivity index (χ2n) is 5.77. The van der Waals surface area contributed by atoms with Crippen LogP contribution >= 0.6 is 24.0 Å². The molecule has 23 heavy (non-hydrogen) atoms. The summed E-state index contributed by atoms with van der Waals surface area (Å²) in [4.78, 5) is 14.5. The molecular weight excluding hydrogens is 335 g/mol. The van der Waals surface area contributed by atoms with Crippen LogP contribution in [0.2, 0.25) is 5.02 Å². The third kappa shape index (κ3) is 5.87. The summed E-state index contributed by atoms with van der Waals surface area (Å²) >= 11 is 6.00. The van der Waals surface area contributed by atoms with Gasteiger partial charge in [0, 0.05) is 17.6 Å². The Hall–Kier alpha value is -0.970. The van der Waals surface area contributed by atoms with Crippen LogP contribution in [0.25, 0.3) is 0 Å². The molecule has 0 spiro atoms. The molecule has 2 rings (SSSR count). The molecule has 1 aliphatic heterocycles. The molecule has 0 atom stereocenters. The minimum atomic E-state index is 0. The second kappa shape index (κ2) is 10.0. The van der Waals surface area contributed by atoms with Crippen LogP contribution in [0.1, 0.15) is 31.7 Å². The molecule has 1 saturated heterocycles. The van der Waals surface area contributed by atoms with E-state index in [1.54, 1.807) is 12.1 Å². The molecule has 0 bridgehead atoms. The number of ether oxygens (including phenoxy) is 1. The molecule has 4 nitrogen and oxygen atoms in total. The molecule has 0 aromatic heterocycles. The van der Waals surface area contributed by atoms with Gasteiger partial charge in [-0.15, -0.1) is 12.4 Å². The number of amides is 1. The topological polar surface area (TPSA) is 41.6 Å². The number of nitrogens with one attached hydrogen (secondary N) is 1. The SMILES string of the molecule is CCCN(C(=O)COc1ccc(Cl)c(C)c1)C1CCNCC1.Cl. The first-order chi connectivity index (χ1) is 10.6. The lowest BCUT2D eigenvalue weighted by Gasteiger charge is -2.34. The lowest BCUT2D eigenvalue weighted by atomic mass is 10.0. The predicted octanol–water partition coefficient (Wildman–Crippen LogP) is 3.44. The monoisotopic (exact) mass is 360 g/mol. The summed E-state index contributed by atoms with van der Waals surface area (Å²) in [7, 11) is 0. The van der Waals surface area contributed by atoms with Crippen LogP contribution in [0.15, 0.2) is 18.2 Å². The van der Waals surface area contributed by atoms with Gasteiger partial charge in [-0.2, -0.15) is 0 Å². The van der Waals surface area contributed by atoms with Gasteiger partial charge in [-0.25, -0.2) is 0 Å². The number of benzene rings is 1. The first-order valence-corrected chi connectivity index (χ1v) is 8.38. The van der Waals surface area contributed by atoms with Crippen molar-refractivity contribution in [1.29, 1.82) is 0 Å². The molecule has 1 aromatic rings. The van der Waals surface area contributed by atoms with E-state index < -0.39 is 0 Å². The van der Waals surface area contributed by atoms with Crippen LogP contribution < -0.4 is 10.1 Å². The van der Waals surface area contributed by atoms with Gasteiger partial charge in [0.25, 0.3) is 5.91 Å². The highest BCUT2D eigenvalue weighted by atomic mass is 35.5. The third-order valence-electron chi connectivity index (χ3n) is 4.03. The highest BCUT2D eigenvalue weighted by Crippen LogP contribution is 2.21. The van der Waals surface area contributed by atoms with Crippen LogP contribution in [-0.4, -0.2) is 43.1 Å². The molecule has 0 radical (unpaired) electrons. The van der Waals surface area contributed by atoms with E-state index in [0.717, 1.165) is 44.5 Å². The van der Waals surface area contributed by atoms with E-state index in [1.165, 1.54) is 0 Å². The fourth-order valence-electron chi connectivity index (χ4n) is 2.81. The van der Waals surface area contributed by atoms with E-state index in [2.05, 4.69) is 12.2 Å². The van der Waals surface area contributed by atoms with Gasteiger partial charge in [0.15, 0.2) is 6.61 Å². The quantitative estimate of drug-likeness (QED) is 0.844. The van der Waals surface area contributed by atoms with E-state index >= 15 is 0 Å². The Morgan fingerprint density at radius 1 is 1.39 bits per heavy atom. The molecule has 1 amide bonds. The van der Waals surface area contributed by atoms with Gasteiger partial charge in [0.05, 0.1) is 0 Å². The van der Waals surface area contributed by atoms with E-state index in [1.807, 2.05) is 17.9 Å². The molecule has 1 fully saturated rings. The van der Waals surface area contributed by atoms with Crippen molar-refractivity contribution < 1.29 is 9.53 Å². The molecule has 1 N–H and O–H groups in total. The number of carbonyl (C=O) groups is 1. The van der Waals surface area contributed by atoms with E-state index in [0.29, 0.717) is 16.8 Å². The highest BCUT2D eigenvalue weighted by Gasteiger charge is 2.24. The molecular formula is C17H26Cl2N2O2. The van der Waals surface area contributed by atoms with Crippen molar-refractivity contribution in [3.05, 3.63) is 28.8 Å². The minimum absolute atomic E-state index is 0. The number of aryl methyl sites for hydroxylation is 1. The van der Waals surface area contributed by atoms with E-state index in [4.69, 9.17) is 16.3 Å². The largest absolute Gasteiger partial charge is 0.484 e. The Balaban J connectivity index is 0.00000264. The standard InChI is InChI=1S/C17H25ClN2O2.ClH/c1-3-10-20(14-6-8-19-9-7-14)17(21)12-22-15-4-5-16(18)13(2)11-15;/h4-5,11,14,19H,3,6-10,12H2,1-2H3;1H. The van der Waals surface area contributed by atoms with Gasteiger partial charge in [0.1, 0.15) is 5.75 Å². The number of nitrogens with zero attached hydrogens (tertiary/aromatic N) is 1. The maximum Gasteiger partial charge on any atom is 0.260 e. The zero-order valence-electron chi connectivity index (χ0n) is 13.8. The van der Waals surface area contributed by atoms with Crippen LogP contribution in [-0.2, 0) is 4.79 Å². The zero-order chi connectivity index (χ0) is 15.9. The van der Waals surface area contributed by atoms with Gasteiger partial charge in [-0.05, 0) is 63.0 Å². The summed E-state index contributed by atoms with van der Waals surface area (Å²) in [5, 5.41) is 4.05. The molecule has 0 saturated carbocycles. The minimum Gasteiger partial charge on any atom is -0.484 e. The van der Waals surface area contributed by atoms with Crippen LogP contribution in [0.3, 0.4) is 0 Å². The molecule has 1 aromatic carbocycles. The summed E-state index contributed by atoms with van der Waals surface area (Å²) in [6.45, 7) is 6.88. The Kier molecular flexibility index (Phi) is 8.74. The summed E-state index contributed by atoms with van der Waals surface area (Å²) in [6, 6.07) is 5.80. The molecule has 1 aliphatic rings. The number of hydrogen-bond donors (Lipinski definition) is 1. The van der Waals surface area contributed by atoms with Crippen molar-refractivity contribution in [3.8, 4) is 5.75 Å². The van der Waals surface area contributed by atoms with Gasteiger partial charge >= 0.3 is 0 Å². The van der Waals surface area contributed by atoms with Crippen molar-refractivity contribution in [3.63, 3.8) is 0 Å². The van der Waals surface area contributed by atoms with Crippen molar-refractivity contribution in [2.24, 2.45) is 0 Å². The number of carbonyl (C=O) groups excluding carboxylic acids is 1. The fourth-order valence-corrected chi connectivity index (χ4v) is 2.92. The zero-order valence-corrected chi connectivity index (χ0v) is 15.4. The number of hydrogen-bond acceptors (Lipinski definition) is 3. The fraction of sp³-hybridized carbons (Fsp3) is 0.588. The summed E-state index contributed by atoms with van der Waals surface area (Å²) in [5.74, 6) is 0.762. The van der Waals surface area contributed by atoms with Gasteiger partial charge < -0.3 is 15.0 Å². The molecule has 0 unspecified atom stereocenters. The van der Waals surface area contributed by atoms with Crippen LogP contribution in [0, 0.1) is 6.92 Å². The van der Waals surface area contributed by atoms with Gasteiger partial charge in [-0.3, -0.25) is 4.79 Å². The van der Waals surface area contributed by atoms with Crippen LogP contribution in [0.5, 0.6) is 5.75 Å². The first-order valence-electron chi connectivity index (χ1n) is 8.01. The number of halogens is 2. The number of piperidine rings is 1. The molecule has 1 heterocycles. The van der Waals surface area contributed by atoms with E-state index in [9.17, 15) is 4.79 Å². The Labute approximate surface area is 149 Å². The Bertz CT molecular complexity index is 505. The van der Waals surface area contributed by atoms with Gasteiger partial charge in [-0.1, -0.05) is 18.5 Å². The Morgan fingerprint density at radius 3 is 2.70 bits per heavy atom. The first kappa shape index (κ1) is 20.1. The van der Waals surface area contributed by atoms with Gasteiger partial charge in [0.2, 0.25) is 0 Å². The second-order valence-corrected chi connectivity index (χ2v) is 6.18. The normalized spacial score (nSPS) is 14.9. The average Bonchev–Trinajstić information content (AvgIpc) is 2.54. The summed E-state index contributed by atoms with van der Waals surface area (Å²) < 4.78 is 5.66. The lowest BCUT2D eigenvalue weighted by Crippen LogP contribution is -2.48. The number of rotatable bonds is 6. The molecule has 130 valence electrons. The summed E-state index contributed by atoms with van der Waals surface area (Å²) in [5.41, 5.74) is 0.954. The molecule has 6 heteroatoms. The van der Waals surface area contributed by atoms with Crippen LogP contribution in [0.4, 0.5) is 0 Å². The van der Waals surface area contributed by atoms with Crippen molar-refractivity contribution >= 4 is 29.9 Å². The third-order valence-corrected chi connectivity index (χ3v) is 4.45. The molecule has 0 aliphatic carbocycles. The van der Waals surface area contributed by atoms with Crippen molar-refractivity contribution in [2.75, 3.05) is 26.2 Å².